The summed E-state index contributed by atoms with van der Waals surface area (Å²) < 4.78 is 0. The van der Waals surface area contributed by atoms with Gasteiger partial charge in [-0.05, 0) is 49.0 Å². The quantitative estimate of drug-likeness (QED) is 0.500. The molecule has 7 atom stereocenters. The van der Waals surface area contributed by atoms with E-state index in [1.807, 2.05) is 13.8 Å². The highest BCUT2D eigenvalue weighted by molar-refractivity contribution is 5.98. The SMILES string of the molecule is CCCCC(C)C1=C(O)C(=O)C2CC(C)CC(C(=O)O)C2C1(C)C(O)CCO. The molecule has 0 radical (unpaired) electrons. The van der Waals surface area contributed by atoms with Gasteiger partial charge in [-0.3, -0.25) is 9.59 Å². The molecule has 0 aromatic rings. The Labute approximate surface area is 167 Å². The maximum Gasteiger partial charge on any atom is 0.306 e. The van der Waals surface area contributed by atoms with Crippen LogP contribution in [0.1, 0.15) is 66.2 Å². The molecule has 1 fully saturated rings. The lowest BCUT2D eigenvalue weighted by Gasteiger charge is -2.55. The van der Waals surface area contributed by atoms with Crippen LogP contribution in [0.5, 0.6) is 0 Å². The average Bonchev–Trinajstić information content (AvgIpc) is 2.63. The normalized spacial score (nSPS) is 35.4. The zero-order valence-corrected chi connectivity index (χ0v) is 17.5. The van der Waals surface area contributed by atoms with Gasteiger partial charge in [0.15, 0.2) is 11.5 Å². The largest absolute Gasteiger partial charge is 0.504 e. The molecule has 2 aliphatic carbocycles. The summed E-state index contributed by atoms with van der Waals surface area (Å²) in [6.45, 7) is 7.47. The monoisotopic (exact) mass is 396 g/mol. The Balaban J connectivity index is 2.67. The van der Waals surface area contributed by atoms with Crippen molar-refractivity contribution in [2.75, 3.05) is 6.61 Å². The molecule has 0 bridgehead atoms. The van der Waals surface area contributed by atoms with E-state index in [0.717, 1.165) is 19.3 Å². The van der Waals surface area contributed by atoms with Gasteiger partial charge in [0.25, 0.3) is 0 Å². The summed E-state index contributed by atoms with van der Waals surface area (Å²) in [4.78, 5) is 25.2. The third-order valence-corrected chi connectivity index (χ3v) is 7.17. The highest BCUT2D eigenvalue weighted by Gasteiger charge is 2.60. The molecule has 0 aromatic heterocycles. The van der Waals surface area contributed by atoms with Gasteiger partial charge in [0.1, 0.15) is 0 Å². The number of aliphatic hydroxyl groups excluding tert-OH is 3. The van der Waals surface area contributed by atoms with Gasteiger partial charge in [-0.25, -0.2) is 0 Å². The van der Waals surface area contributed by atoms with Crippen molar-refractivity contribution in [3.63, 3.8) is 0 Å². The van der Waals surface area contributed by atoms with Crippen molar-refractivity contribution in [3.8, 4) is 0 Å². The summed E-state index contributed by atoms with van der Waals surface area (Å²) >= 11 is 0. The molecule has 0 spiro atoms. The maximum absolute atomic E-state index is 13.1. The first-order chi connectivity index (χ1) is 13.1. The molecule has 0 heterocycles. The number of rotatable bonds is 8. The van der Waals surface area contributed by atoms with E-state index in [-0.39, 0.29) is 36.4 Å². The first kappa shape index (κ1) is 22.9. The second-order valence-corrected chi connectivity index (χ2v) is 9.13. The first-order valence-electron chi connectivity index (χ1n) is 10.6. The van der Waals surface area contributed by atoms with E-state index in [0.29, 0.717) is 18.4 Å². The first-order valence-corrected chi connectivity index (χ1v) is 10.6. The summed E-state index contributed by atoms with van der Waals surface area (Å²) in [5, 5.41) is 41.4. The van der Waals surface area contributed by atoms with Crippen molar-refractivity contribution < 1.29 is 30.0 Å². The number of unbranched alkanes of at least 4 members (excludes halogenated alkanes) is 1. The average molecular weight is 397 g/mol. The fraction of sp³-hybridized carbons (Fsp3) is 0.818. The number of allylic oxidation sites excluding steroid dienone is 1. The van der Waals surface area contributed by atoms with Crippen molar-refractivity contribution >= 4 is 11.8 Å². The molecule has 160 valence electrons. The molecule has 2 rings (SSSR count). The number of carbonyl (C=O) groups excluding carboxylic acids is 1. The lowest BCUT2D eigenvalue weighted by atomic mass is 9.48. The Bertz CT molecular complexity index is 627. The van der Waals surface area contributed by atoms with Gasteiger partial charge in [-0.2, -0.15) is 0 Å². The molecule has 0 saturated heterocycles. The van der Waals surface area contributed by atoms with Crippen LogP contribution in [0.25, 0.3) is 0 Å². The van der Waals surface area contributed by atoms with Crippen LogP contribution in [0, 0.1) is 35.0 Å². The van der Waals surface area contributed by atoms with Gasteiger partial charge in [0, 0.05) is 17.9 Å². The fourth-order valence-electron chi connectivity index (χ4n) is 5.88. The molecular formula is C22H36O6. The van der Waals surface area contributed by atoms with Crippen LogP contribution < -0.4 is 0 Å². The van der Waals surface area contributed by atoms with Crippen LogP contribution in [0.4, 0.5) is 0 Å². The number of carboxylic acids is 1. The molecular weight excluding hydrogens is 360 g/mol. The zero-order valence-electron chi connectivity index (χ0n) is 17.5. The molecule has 0 aromatic carbocycles. The van der Waals surface area contributed by atoms with Gasteiger partial charge in [0.05, 0.1) is 12.0 Å². The lowest BCUT2D eigenvalue weighted by molar-refractivity contribution is -0.159. The summed E-state index contributed by atoms with van der Waals surface area (Å²) in [6.07, 6.45) is 2.62. The number of fused-ring (bicyclic) bond motifs is 1. The molecule has 6 nitrogen and oxygen atoms in total. The van der Waals surface area contributed by atoms with E-state index < -0.39 is 35.2 Å². The minimum atomic E-state index is -1.07. The number of hydrogen-bond acceptors (Lipinski definition) is 5. The molecule has 0 aliphatic heterocycles. The Morgan fingerprint density at radius 3 is 2.46 bits per heavy atom. The second-order valence-electron chi connectivity index (χ2n) is 9.13. The van der Waals surface area contributed by atoms with Gasteiger partial charge in [-0.15, -0.1) is 0 Å². The Morgan fingerprint density at radius 1 is 1.29 bits per heavy atom. The Hall–Kier alpha value is -1.40. The van der Waals surface area contributed by atoms with Crippen LogP contribution in [-0.2, 0) is 9.59 Å². The van der Waals surface area contributed by atoms with Crippen molar-refractivity contribution in [3.05, 3.63) is 11.3 Å². The molecule has 7 unspecified atom stereocenters. The van der Waals surface area contributed by atoms with Crippen molar-refractivity contribution in [1.29, 1.82) is 0 Å². The predicted octanol–water partition coefficient (Wildman–Crippen LogP) is 3.32. The van der Waals surface area contributed by atoms with Crippen LogP contribution >= 0.6 is 0 Å². The number of carbonyl (C=O) groups is 2. The number of hydrogen-bond donors (Lipinski definition) is 4. The second kappa shape index (κ2) is 8.95. The molecule has 28 heavy (non-hydrogen) atoms. The highest BCUT2D eigenvalue weighted by atomic mass is 16.4. The summed E-state index contributed by atoms with van der Waals surface area (Å²) in [5.41, 5.74) is -0.587. The minimum absolute atomic E-state index is 0.0531. The summed E-state index contributed by atoms with van der Waals surface area (Å²) in [6, 6.07) is 0. The van der Waals surface area contributed by atoms with Crippen molar-refractivity contribution in [2.24, 2.45) is 35.0 Å². The van der Waals surface area contributed by atoms with E-state index in [9.17, 15) is 30.0 Å². The van der Waals surface area contributed by atoms with E-state index in [2.05, 4.69) is 6.92 Å². The van der Waals surface area contributed by atoms with Crippen molar-refractivity contribution in [1.82, 2.24) is 0 Å². The molecule has 6 heteroatoms. The van der Waals surface area contributed by atoms with E-state index >= 15 is 0 Å². The number of aliphatic hydroxyl groups is 3. The molecule has 2 aliphatic rings. The maximum atomic E-state index is 13.1. The molecule has 0 amide bonds. The van der Waals surface area contributed by atoms with E-state index in [1.54, 1.807) is 6.92 Å². The number of Topliss-reactive ketones (excluding diaryl/α,β-unsaturated/α-hetero) is 1. The Kier molecular flexibility index (Phi) is 7.32. The van der Waals surface area contributed by atoms with Gasteiger partial charge in [0.2, 0.25) is 0 Å². The summed E-state index contributed by atoms with van der Waals surface area (Å²) in [5.74, 6) is -3.71. The van der Waals surface area contributed by atoms with Crippen LogP contribution in [0.3, 0.4) is 0 Å². The molecule has 1 saturated carbocycles. The Morgan fingerprint density at radius 2 is 1.93 bits per heavy atom. The van der Waals surface area contributed by atoms with E-state index in [1.165, 1.54) is 0 Å². The van der Waals surface area contributed by atoms with Crippen LogP contribution in [-0.4, -0.2) is 44.9 Å². The van der Waals surface area contributed by atoms with Crippen molar-refractivity contribution in [2.45, 2.75) is 72.3 Å². The standard InChI is InChI=1S/C22H36O6/c1-5-6-7-13(3)17-20(26)19(25)14-10-12(2)11-15(21(27)28)18(14)22(17,4)16(24)8-9-23/h12-16,18,23-24,26H,5-11H2,1-4H3,(H,27,28). The highest BCUT2D eigenvalue weighted by Crippen LogP contribution is 2.58. The van der Waals surface area contributed by atoms with Gasteiger partial charge in [-0.1, -0.05) is 40.5 Å². The predicted molar refractivity (Wildman–Crippen MR) is 106 cm³/mol. The summed E-state index contributed by atoms with van der Waals surface area (Å²) in [7, 11) is 0. The number of ketones is 1. The third-order valence-electron chi connectivity index (χ3n) is 7.17. The molecule has 4 N–H and O–H groups in total. The third kappa shape index (κ3) is 3.86. The number of aliphatic carboxylic acids is 1. The van der Waals surface area contributed by atoms with Crippen LogP contribution in [0.15, 0.2) is 11.3 Å². The smallest absolute Gasteiger partial charge is 0.306 e. The van der Waals surface area contributed by atoms with E-state index in [4.69, 9.17) is 0 Å². The lowest BCUT2D eigenvalue weighted by Crippen LogP contribution is -2.57. The fourth-order valence-corrected chi connectivity index (χ4v) is 5.88. The topological polar surface area (TPSA) is 115 Å². The zero-order chi connectivity index (χ0) is 21.2. The number of carboxylic acid groups (broad SMARTS) is 1. The minimum Gasteiger partial charge on any atom is -0.504 e. The van der Waals surface area contributed by atoms with Gasteiger partial charge >= 0.3 is 5.97 Å². The van der Waals surface area contributed by atoms with Crippen LogP contribution in [0.2, 0.25) is 0 Å². The van der Waals surface area contributed by atoms with Gasteiger partial charge < -0.3 is 20.4 Å².